The molecule has 4 nitrogen and oxygen atoms in total. The van der Waals surface area contributed by atoms with Gasteiger partial charge in [0, 0.05) is 10.8 Å². The van der Waals surface area contributed by atoms with Gasteiger partial charge in [-0.25, -0.2) is 0 Å². The monoisotopic (exact) mass is 294 g/mol. The van der Waals surface area contributed by atoms with Gasteiger partial charge in [-0.3, -0.25) is 4.68 Å². The Kier molecular flexibility index (Phi) is 3.20. The Labute approximate surface area is 129 Å². The van der Waals surface area contributed by atoms with Crippen LogP contribution in [0.15, 0.2) is 48.7 Å². The van der Waals surface area contributed by atoms with Crippen molar-refractivity contribution >= 4 is 23.5 Å². The molecule has 2 aliphatic rings. The Hall–Kier alpha value is -1.85. The van der Waals surface area contributed by atoms with E-state index in [1.165, 1.54) is 12.8 Å². The van der Waals surface area contributed by atoms with Crippen LogP contribution in [0.4, 0.5) is 0 Å². The maximum atomic E-state index is 9.28. The summed E-state index contributed by atoms with van der Waals surface area (Å²) >= 11 is 0. The van der Waals surface area contributed by atoms with Gasteiger partial charge in [0.2, 0.25) is 0 Å². The zero-order valence-corrected chi connectivity index (χ0v) is 12.4. The fraction of sp³-hybridized carbons (Fsp3) is 0.353. The molecule has 0 saturated heterocycles. The molecule has 112 valence electrons. The molecular formula is C17H19BN2O2. The van der Waals surface area contributed by atoms with Crippen molar-refractivity contribution in [3.05, 3.63) is 48.7 Å². The topological polar surface area (TPSA) is 58.3 Å². The molecule has 1 aromatic heterocycles. The lowest BCUT2D eigenvalue weighted by molar-refractivity contribution is 0.267. The van der Waals surface area contributed by atoms with Gasteiger partial charge in [-0.2, -0.15) is 5.10 Å². The van der Waals surface area contributed by atoms with E-state index in [0.29, 0.717) is 5.46 Å². The van der Waals surface area contributed by atoms with Crippen LogP contribution in [0.2, 0.25) is 0 Å². The van der Waals surface area contributed by atoms with Crippen LogP contribution in [0.1, 0.15) is 19.3 Å². The summed E-state index contributed by atoms with van der Waals surface area (Å²) in [5.74, 6) is 0.756. The molecule has 0 bridgehead atoms. The fourth-order valence-electron chi connectivity index (χ4n) is 3.56. The lowest BCUT2D eigenvalue weighted by Crippen LogP contribution is -2.30. The fourth-order valence-corrected chi connectivity index (χ4v) is 3.56. The molecule has 5 heteroatoms. The van der Waals surface area contributed by atoms with Crippen molar-refractivity contribution in [1.29, 1.82) is 0 Å². The van der Waals surface area contributed by atoms with Crippen molar-refractivity contribution in [2.75, 3.05) is 0 Å². The number of allylic oxidation sites excluding steroid dienone is 4. The largest absolute Gasteiger partial charge is 0.488 e. The van der Waals surface area contributed by atoms with Gasteiger partial charge in [-0.1, -0.05) is 36.4 Å². The van der Waals surface area contributed by atoms with Gasteiger partial charge >= 0.3 is 7.12 Å². The lowest BCUT2D eigenvalue weighted by atomic mass is 9.77. The smallest absolute Gasteiger partial charge is 0.423 e. The van der Waals surface area contributed by atoms with Crippen molar-refractivity contribution in [3.63, 3.8) is 0 Å². The quantitative estimate of drug-likeness (QED) is 0.843. The molecule has 1 unspecified atom stereocenters. The Morgan fingerprint density at radius 1 is 1.27 bits per heavy atom. The third-order valence-electron chi connectivity index (χ3n) is 4.97. The van der Waals surface area contributed by atoms with Crippen LogP contribution in [0.5, 0.6) is 0 Å². The predicted molar refractivity (Wildman–Crippen MR) is 87.6 cm³/mol. The molecule has 0 radical (unpaired) electrons. The summed E-state index contributed by atoms with van der Waals surface area (Å²) in [5, 5.41) is 24.1. The highest BCUT2D eigenvalue weighted by Gasteiger charge is 2.43. The second-order valence-corrected chi connectivity index (χ2v) is 6.49. The van der Waals surface area contributed by atoms with Crippen molar-refractivity contribution < 1.29 is 10.0 Å². The highest BCUT2D eigenvalue weighted by molar-refractivity contribution is 6.58. The minimum absolute atomic E-state index is 0.183. The summed E-state index contributed by atoms with van der Waals surface area (Å²) in [7, 11) is -1.43. The Morgan fingerprint density at radius 2 is 2.14 bits per heavy atom. The molecule has 22 heavy (non-hydrogen) atoms. The van der Waals surface area contributed by atoms with E-state index in [4.69, 9.17) is 0 Å². The van der Waals surface area contributed by atoms with E-state index in [9.17, 15) is 10.0 Å². The first kappa shape index (κ1) is 13.8. The summed E-state index contributed by atoms with van der Waals surface area (Å²) < 4.78 is 2.06. The lowest BCUT2D eigenvalue weighted by Gasteiger charge is -2.31. The molecule has 1 fully saturated rings. The Balaban J connectivity index is 1.69. The van der Waals surface area contributed by atoms with Crippen LogP contribution in [-0.2, 0) is 6.54 Å². The van der Waals surface area contributed by atoms with Gasteiger partial charge in [0.05, 0.1) is 18.3 Å². The van der Waals surface area contributed by atoms with E-state index >= 15 is 0 Å². The summed E-state index contributed by atoms with van der Waals surface area (Å²) in [6.45, 7) is 0.878. The number of benzene rings is 1. The molecule has 1 aromatic carbocycles. The zero-order chi connectivity index (χ0) is 15.2. The number of nitrogens with zero attached hydrogens (tertiary/aromatic N) is 2. The van der Waals surface area contributed by atoms with Gasteiger partial charge < -0.3 is 10.0 Å². The van der Waals surface area contributed by atoms with E-state index in [1.807, 2.05) is 12.3 Å². The maximum Gasteiger partial charge on any atom is 0.488 e. The zero-order valence-electron chi connectivity index (χ0n) is 12.4. The highest BCUT2D eigenvalue weighted by Crippen LogP contribution is 2.51. The molecule has 1 atom stereocenters. The molecule has 1 saturated carbocycles. The summed E-state index contributed by atoms with van der Waals surface area (Å²) in [5.41, 5.74) is 1.74. The average molecular weight is 294 g/mol. The highest BCUT2D eigenvalue weighted by atomic mass is 16.4. The Bertz CT molecular complexity index is 761. The molecule has 0 aliphatic heterocycles. The summed E-state index contributed by atoms with van der Waals surface area (Å²) in [4.78, 5) is 0. The molecule has 0 spiro atoms. The van der Waals surface area contributed by atoms with Crippen LogP contribution >= 0.6 is 0 Å². The van der Waals surface area contributed by atoms with Crippen LogP contribution in [0.25, 0.3) is 10.9 Å². The molecular weight excluding hydrogens is 275 g/mol. The standard InChI is InChI=1S/C17H19BN2O2/c21-18(22)15-6-7-16-13(10-15)11-19-20(16)12-17(14-4-5-14)8-2-1-3-9-17/h1-3,6-8,10-11,14,21-22H,4-5,9,12H2. The molecule has 1 heterocycles. The van der Waals surface area contributed by atoms with E-state index in [1.54, 1.807) is 12.1 Å². The van der Waals surface area contributed by atoms with Gasteiger partial charge in [-0.15, -0.1) is 0 Å². The molecule has 0 amide bonds. The summed E-state index contributed by atoms with van der Waals surface area (Å²) in [6, 6.07) is 5.48. The van der Waals surface area contributed by atoms with E-state index in [-0.39, 0.29) is 5.41 Å². The van der Waals surface area contributed by atoms with Crippen LogP contribution in [0.3, 0.4) is 0 Å². The van der Waals surface area contributed by atoms with Gasteiger partial charge in [0.15, 0.2) is 0 Å². The first-order chi connectivity index (χ1) is 10.7. The van der Waals surface area contributed by atoms with Crippen LogP contribution < -0.4 is 5.46 Å². The maximum absolute atomic E-state index is 9.28. The van der Waals surface area contributed by atoms with E-state index < -0.39 is 7.12 Å². The number of hydrogen-bond donors (Lipinski definition) is 2. The minimum atomic E-state index is -1.43. The van der Waals surface area contributed by atoms with Crippen molar-refractivity contribution in [2.24, 2.45) is 11.3 Å². The third-order valence-corrected chi connectivity index (χ3v) is 4.97. The summed E-state index contributed by atoms with van der Waals surface area (Å²) in [6.07, 6.45) is 14.4. The van der Waals surface area contributed by atoms with Crippen LogP contribution in [-0.4, -0.2) is 26.9 Å². The number of rotatable bonds is 4. The van der Waals surface area contributed by atoms with Crippen molar-refractivity contribution in [3.8, 4) is 0 Å². The molecule has 2 N–H and O–H groups in total. The van der Waals surface area contributed by atoms with Gasteiger partial charge in [-0.05, 0) is 36.7 Å². The number of hydrogen-bond acceptors (Lipinski definition) is 3. The van der Waals surface area contributed by atoms with Crippen molar-refractivity contribution in [2.45, 2.75) is 25.8 Å². The van der Waals surface area contributed by atoms with Gasteiger partial charge in [0.1, 0.15) is 0 Å². The van der Waals surface area contributed by atoms with Crippen molar-refractivity contribution in [1.82, 2.24) is 9.78 Å². The first-order valence-corrected chi connectivity index (χ1v) is 7.84. The second kappa shape index (κ2) is 5.11. The first-order valence-electron chi connectivity index (χ1n) is 7.84. The average Bonchev–Trinajstić information content (AvgIpc) is 3.32. The SMILES string of the molecule is OB(O)c1ccc2c(cnn2CC2(C3CC3)C=CC=CC2)c1. The van der Waals surface area contributed by atoms with E-state index in [2.05, 4.69) is 34.1 Å². The number of aromatic nitrogens is 2. The normalized spacial score (nSPS) is 24.1. The van der Waals surface area contributed by atoms with Gasteiger partial charge in [0.25, 0.3) is 0 Å². The number of fused-ring (bicyclic) bond motifs is 1. The molecule has 2 aromatic rings. The second-order valence-electron chi connectivity index (χ2n) is 6.49. The molecule has 4 rings (SSSR count). The van der Waals surface area contributed by atoms with Crippen LogP contribution in [0, 0.1) is 11.3 Å². The molecule has 2 aliphatic carbocycles. The predicted octanol–water partition coefficient (Wildman–Crippen LogP) is 1.63. The third kappa shape index (κ3) is 2.30. The minimum Gasteiger partial charge on any atom is -0.423 e. The van der Waals surface area contributed by atoms with E-state index in [0.717, 1.165) is 29.8 Å². The Morgan fingerprint density at radius 3 is 2.82 bits per heavy atom.